The molecular formula is C4H6F3NO. The Morgan fingerprint density at radius 3 is 1.67 bits per heavy atom. The average molecular weight is 141 g/mol. The van der Waals surface area contributed by atoms with E-state index in [9.17, 15) is 13.2 Å². The Hall–Kier alpha value is -0.870. The Morgan fingerprint density at radius 1 is 1.56 bits per heavy atom. The largest absolute Gasteiger partial charge is 0.409 e. The molecule has 0 bridgehead atoms. The van der Waals surface area contributed by atoms with Gasteiger partial charge in [0.2, 0.25) is 0 Å². The monoisotopic (exact) mass is 141 g/mol. The van der Waals surface area contributed by atoms with Crippen LogP contribution in [0.2, 0.25) is 0 Å². The minimum atomic E-state index is -4.19. The summed E-state index contributed by atoms with van der Waals surface area (Å²) < 4.78 is 32.0. The molecular weight excluding hydrogens is 135 g/mol. The van der Waals surface area contributed by atoms with E-state index >= 15 is 0 Å². The highest BCUT2D eigenvalue weighted by Gasteiger charge is 2.19. The first-order valence-electron chi connectivity index (χ1n) is 1.89. The summed E-state index contributed by atoms with van der Waals surface area (Å²) in [4.78, 5) is 8.56. The van der Waals surface area contributed by atoms with Crippen LogP contribution in [0.25, 0.3) is 0 Å². The van der Waals surface area contributed by atoms with E-state index in [4.69, 9.17) is 4.91 Å². The average Bonchev–Trinajstić information content (AvgIpc) is 1.67. The first-order chi connectivity index (χ1) is 3.97. The van der Waals surface area contributed by atoms with Gasteiger partial charge >= 0.3 is 6.18 Å². The van der Waals surface area contributed by atoms with Crippen molar-refractivity contribution in [3.8, 4) is 0 Å². The molecule has 9 heavy (non-hydrogen) atoms. The molecule has 0 saturated heterocycles. The summed E-state index contributed by atoms with van der Waals surface area (Å²) >= 11 is 0. The van der Waals surface area contributed by atoms with Crippen molar-refractivity contribution in [1.29, 1.82) is 0 Å². The molecule has 0 aliphatic heterocycles. The molecule has 0 radical (unpaired) electrons. The van der Waals surface area contributed by atoms with Crippen LogP contribution in [-0.2, 0) is 0 Å². The third kappa shape index (κ3) is 41.4. The normalized spacial score (nSPS) is 8.89. The zero-order valence-electron chi connectivity index (χ0n) is 4.77. The molecule has 0 fully saturated rings. The van der Waals surface area contributed by atoms with E-state index in [2.05, 4.69) is 11.8 Å². The van der Waals surface area contributed by atoms with Crippen molar-refractivity contribution in [2.75, 3.05) is 7.05 Å². The van der Waals surface area contributed by atoms with Gasteiger partial charge in [-0.25, -0.2) is 0 Å². The van der Waals surface area contributed by atoms with E-state index < -0.39 is 6.18 Å². The Morgan fingerprint density at radius 2 is 1.67 bits per heavy atom. The van der Waals surface area contributed by atoms with Crippen molar-refractivity contribution in [3.63, 3.8) is 0 Å². The fourth-order valence-electron chi connectivity index (χ4n) is 0. The maximum absolute atomic E-state index is 10.7. The molecule has 0 aromatic rings. The van der Waals surface area contributed by atoms with E-state index in [1.807, 2.05) is 0 Å². The van der Waals surface area contributed by atoms with Gasteiger partial charge in [0.1, 0.15) is 0 Å². The predicted octanol–water partition coefficient (Wildman–Crippen LogP) is 2.12. The van der Waals surface area contributed by atoms with Gasteiger partial charge in [0, 0.05) is 6.08 Å². The van der Waals surface area contributed by atoms with E-state index in [0.29, 0.717) is 0 Å². The van der Waals surface area contributed by atoms with Crippen LogP contribution in [0.3, 0.4) is 0 Å². The van der Waals surface area contributed by atoms with Crippen LogP contribution in [0.15, 0.2) is 17.8 Å². The van der Waals surface area contributed by atoms with Crippen LogP contribution in [-0.4, -0.2) is 13.2 Å². The number of rotatable bonds is 0. The number of nitrogens with zero attached hydrogens (tertiary/aromatic N) is 1. The lowest BCUT2D eigenvalue weighted by atomic mass is 10.6. The molecule has 0 N–H and O–H groups in total. The predicted molar refractivity (Wildman–Crippen MR) is 28.0 cm³/mol. The van der Waals surface area contributed by atoms with E-state index in [-0.39, 0.29) is 6.08 Å². The number of halogens is 3. The third-order valence-electron chi connectivity index (χ3n) is 0.231. The number of hydrogen-bond donors (Lipinski definition) is 0. The van der Waals surface area contributed by atoms with Crippen LogP contribution in [0.5, 0.6) is 0 Å². The summed E-state index contributed by atoms with van der Waals surface area (Å²) in [5.74, 6) is 0. The highest BCUT2D eigenvalue weighted by atomic mass is 19.4. The molecule has 0 aliphatic carbocycles. The summed E-state index contributed by atoms with van der Waals surface area (Å²) in [5.41, 5.74) is 0. The highest BCUT2D eigenvalue weighted by Crippen LogP contribution is 2.13. The molecule has 0 amide bonds. The highest BCUT2D eigenvalue weighted by molar-refractivity contribution is 4.75. The minimum Gasteiger partial charge on any atom is -0.167 e. The molecule has 5 heteroatoms. The number of alkyl halides is 3. The number of nitroso groups, excluding NO2 is 1. The lowest BCUT2D eigenvalue weighted by Gasteiger charge is -1.91. The first kappa shape index (κ1) is 11.0. The van der Waals surface area contributed by atoms with Crippen molar-refractivity contribution in [1.82, 2.24) is 0 Å². The Kier molecular flexibility index (Phi) is 6.44. The molecule has 0 unspecified atom stereocenters. The first-order valence-corrected chi connectivity index (χ1v) is 1.89. The van der Waals surface area contributed by atoms with E-state index in [0.717, 1.165) is 0 Å². The SMILES string of the molecule is C=CC(F)(F)F.CN=O. The van der Waals surface area contributed by atoms with Gasteiger partial charge in [-0.1, -0.05) is 11.8 Å². The fourth-order valence-corrected chi connectivity index (χ4v) is 0. The van der Waals surface area contributed by atoms with Gasteiger partial charge in [-0.3, -0.25) is 0 Å². The van der Waals surface area contributed by atoms with Gasteiger partial charge in [0.25, 0.3) is 0 Å². The van der Waals surface area contributed by atoms with Crippen molar-refractivity contribution in [2.24, 2.45) is 5.18 Å². The van der Waals surface area contributed by atoms with Crippen molar-refractivity contribution in [2.45, 2.75) is 6.18 Å². The lowest BCUT2D eigenvalue weighted by Crippen LogP contribution is -1.98. The van der Waals surface area contributed by atoms with Gasteiger partial charge in [-0.05, 0) is 0 Å². The maximum Gasteiger partial charge on any atom is 0.409 e. The van der Waals surface area contributed by atoms with Gasteiger partial charge < -0.3 is 0 Å². The Bertz CT molecular complexity index is 88.3. The molecule has 0 saturated carbocycles. The molecule has 54 valence electrons. The summed E-state index contributed by atoms with van der Waals surface area (Å²) in [6.07, 6.45) is -4.26. The van der Waals surface area contributed by atoms with Gasteiger partial charge in [-0.15, -0.1) is 0 Å². The van der Waals surface area contributed by atoms with Gasteiger partial charge in [0.15, 0.2) is 0 Å². The fraction of sp³-hybridized carbons (Fsp3) is 0.500. The number of hydrogen-bond acceptors (Lipinski definition) is 2. The van der Waals surface area contributed by atoms with Gasteiger partial charge in [-0.2, -0.15) is 18.1 Å². The standard InChI is InChI=1S/C3H3F3.CH3NO/c1-2-3(4,5)6;1-2-3/h2H,1H2;1H3. The molecule has 0 aromatic heterocycles. The molecule has 2 nitrogen and oxygen atoms in total. The molecule has 0 spiro atoms. The van der Waals surface area contributed by atoms with E-state index in [1.165, 1.54) is 7.05 Å². The van der Waals surface area contributed by atoms with Crippen molar-refractivity contribution >= 4 is 0 Å². The second kappa shape index (κ2) is 5.27. The second-order valence-electron chi connectivity index (χ2n) is 0.928. The Balaban J connectivity index is 0. The zero-order valence-corrected chi connectivity index (χ0v) is 4.77. The van der Waals surface area contributed by atoms with E-state index in [1.54, 1.807) is 0 Å². The smallest absolute Gasteiger partial charge is 0.167 e. The summed E-state index contributed by atoms with van der Waals surface area (Å²) in [6.45, 7) is 2.51. The molecule has 0 aliphatic rings. The third-order valence-corrected chi connectivity index (χ3v) is 0.231. The summed E-state index contributed by atoms with van der Waals surface area (Å²) in [7, 11) is 1.19. The summed E-state index contributed by atoms with van der Waals surface area (Å²) in [5, 5.41) is 2.25. The van der Waals surface area contributed by atoms with Gasteiger partial charge in [0.05, 0.1) is 7.05 Å². The van der Waals surface area contributed by atoms with Crippen LogP contribution in [0.4, 0.5) is 13.2 Å². The quantitative estimate of drug-likeness (QED) is 0.375. The van der Waals surface area contributed by atoms with Crippen molar-refractivity contribution < 1.29 is 13.2 Å². The minimum absolute atomic E-state index is 0.0625. The lowest BCUT2D eigenvalue weighted by molar-refractivity contribution is -0.0795. The summed E-state index contributed by atoms with van der Waals surface area (Å²) in [6, 6.07) is 0. The van der Waals surface area contributed by atoms with Crippen LogP contribution in [0, 0.1) is 4.91 Å². The van der Waals surface area contributed by atoms with Crippen LogP contribution < -0.4 is 0 Å². The van der Waals surface area contributed by atoms with Crippen LogP contribution in [0.1, 0.15) is 0 Å². The molecule has 0 rings (SSSR count). The number of allylic oxidation sites excluding steroid dienone is 1. The Labute approximate surface area is 50.3 Å². The second-order valence-corrected chi connectivity index (χ2v) is 0.928. The molecule has 0 atom stereocenters. The molecule has 0 heterocycles. The van der Waals surface area contributed by atoms with Crippen LogP contribution >= 0.6 is 0 Å². The zero-order chi connectivity index (χ0) is 7.91. The topological polar surface area (TPSA) is 29.4 Å². The van der Waals surface area contributed by atoms with Crippen molar-refractivity contribution in [3.05, 3.63) is 17.6 Å². The maximum atomic E-state index is 10.7. The molecule has 0 aromatic carbocycles.